The summed E-state index contributed by atoms with van der Waals surface area (Å²) in [6.07, 6.45) is -1.33. The largest absolute Gasteiger partial charge is 0.468 e. The molecule has 12 heteroatoms. The standard InChI is InChI=1S/C24H30F3N5O4/c1-15-13-29-19(14-28-15)30-21(33)31-20(35-17-10-8-16(9-11-17)24(25,26)27)18-7-5-6-12-32(18)22(34)36-23(2,3)4/h8-11,13-14,18,20H,5-7,12H2,1-4H3,(H2,29,30,31,33). The van der Waals surface area contributed by atoms with E-state index in [4.69, 9.17) is 9.47 Å². The SMILES string of the molecule is Cc1cnc(NC(=O)NC(Oc2ccc(C(F)(F)F)cc2)C2CCCCN2C(=O)OC(C)(C)C)cn1. The van der Waals surface area contributed by atoms with Gasteiger partial charge >= 0.3 is 18.3 Å². The normalized spacial score (nSPS) is 17.2. The van der Waals surface area contributed by atoms with E-state index in [1.54, 1.807) is 27.7 Å². The van der Waals surface area contributed by atoms with E-state index < -0.39 is 41.7 Å². The number of ether oxygens (including phenoxy) is 2. The zero-order valence-electron chi connectivity index (χ0n) is 20.6. The number of aryl methyl sites for hydroxylation is 1. The Kier molecular flexibility index (Phi) is 8.26. The number of carbonyl (C=O) groups excluding carboxylic acids is 2. The number of nitrogens with one attached hydrogen (secondary N) is 2. The van der Waals surface area contributed by atoms with E-state index in [1.165, 1.54) is 29.4 Å². The number of hydrogen-bond donors (Lipinski definition) is 2. The molecule has 0 spiro atoms. The van der Waals surface area contributed by atoms with Crippen molar-refractivity contribution in [1.29, 1.82) is 0 Å². The van der Waals surface area contributed by atoms with Gasteiger partial charge in [0.1, 0.15) is 11.4 Å². The van der Waals surface area contributed by atoms with E-state index in [0.29, 0.717) is 18.7 Å². The zero-order valence-corrected chi connectivity index (χ0v) is 20.6. The number of aromatic nitrogens is 2. The average molecular weight is 510 g/mol. The molecule has 2 heterocycles. The van der Waals surface area contributed by atoms with Gasteiger partial charge in [0, 0.05) is 6.54 Å². The van der Waals surface area contributed by atoms with Crippen LogP contribution in [0.2, 0.25) is 0 Å². The molecular formula is C24H30F3N5O4. The van der Waals surface area contributed by atoms with Gasteiger partial charge < -0.3 is 14.8 Å². The highest BCUT2D eigenvalue weighted by Gasteiger charge is 2.38. The molecule has 2 aromatic rings. The van der Waals surface area contributed by atoms with Crippen molar-refractivity contribution in [3.8, 4) is 5.75 Å². The van der Waals surface area contributed by atoms with Crippen LogP contribution in [-0.2, 0) is 10.9 Å². The highest BCUT2D eigenvalue weighted by Crippen LogP contribution is 2.31. The van der Waals surface area contributed by atoms with E-state index in [2.05, 4.69) is 20.6 Å². The lowest BCUT2D eigenvalue weighted by Gasteiger charge is -2.40. The summed E-state index contributed by atoms with van der Waals surface area (Å²) in [6, 6.07) is 2.80. The van der Waals surface area contributed by atoms with Crippen LogP contribution in [0, 0.1) is 6.92 Å². The minimum Gasteiger partial charge on any atom is -0.468 e. The van der Waals surface area contributed by atoms with E-state index in [9.17, 15) is 22.8 Å². The number of hydrogen-bond acceptors (Lipinski definition) is 6. The van der Waals surface area contributed by atoms with Crippen LogP contribution in [-0.4, -0.2) is 51.4 Å². The highest BCUT2D eigenvalue weighted by atomic mass is 19.4. The van der Waals surface area contributed by atoms with Gasteiger partial charge in [-0.15, -0.1) is 0 Å². The summed E-state index contributed by atoms with van der Waals surface area (Å²) in [7, 11) is 0. The first-order valence-electron chi connectivity index (χ1n) is 11.5. The number of nitrogens with zero attached hydrogens (tertiary/aromatic N) is 3. The second kappa shape index (κ2) is 11.0. The van der Waals surface area contributed by atoms with Crippen LogP contribution in [0.4, 0.5) is 28.6 Å². The summed E-state index contributed by atoms with van der Waals surface area (Å²) >= 11 is 0. The molecule has 0 aliphatic carbocycles. The van der Waals surface area contributed by atoms with E-state index in [1.807, 2.05) is 0 Å². The molecule has 0 saturated carbocycles. The van der Waals surface area contributed by atoms with Crippen molar-refractivity contribution in [1.82, 2.24) is 20.2 Å². The minimum absolute atomic E-state index is 0.0955. The van der Waals surface area contributed by atoms with Gasteiger partial charge in [0.2, 0.25) is 0 Å². The van der Waals surface area contributed by atoms with Crippen LogP contribution in [0.1, 0.15) is 51.3 Å². The third kappa shape index (κ3) is 7.72. The Labute approximate surface area is 207 Å². The van der Waals surface area contributed by atoms with Crippen molar-refractivity contribution in [2.45, 2.75) is 71.0 Å². The molecule has 1 saturated heterocycles. The number of piperidine rings is 1. The number of anilines is 1. The lowest BCUT2D eigenvalue weighted by molar-refractivity contribution is -0.137. The number of halogens is 3. The maximum absolute atomic E-state index is 13.0. The van der Waals surface area contributed by atoms with Crippen molar-refractivity contribution >= 4 is 17.9 Å². The summed E-state index contributed by atoms with van der Waals surface area (Å²) in [5.74, 6) is 0.289. The van der Waals surface area contributed by atoms with Crippen LogP contribution < -0.4 is 15.4 Å². The summed E-state index contributed by atoms with van der Waals surface area (Å²) in [6.45, 7) is 7.36. The molecule has 196 valence electrons. The van der Waals surface area contributed by atoms with Gasteiger partial charge in [0.25, 0.3) is 0 Å². The third-order valence-corrected chi connectivity index (χ3v) is 5.27. The number of urea groups is 1. The van der Waals surface area contributed by atoms with Gasteiger partial charge in [-0.25, -0.2) is 14.6 Å². The lowest BCUT2D eigenvalue weighted by atomic mass is 10.0. The third-order valence-electron chi connectivity index (χ3n) is 5.27. The topological polar surface area (TPSA) is 106 Å². The van der Waals surface area contributed by atoms with Crippen molar-refractivity contribution < 1.29 is 32.2 Å². The summed E-state index contributed by atoms with van der Waals surface area (Å²) < 4.78 is 50.4. The quantitative estimate of drug-likeness (QED) is 0.542. The van der Waals surface area contributed by atoms with E-state index in [-0.39, 0.29) is 11.6 Å². The Hall–Kier alpha value is -3.57. The monoisotopic (exact) mass is 509 g/mol. The Morgan fingerprint density at radius 1 is 1.08 bits per heavy atom. The molecule has 0 radical (unpaired) electrons. The fourth-order valence-electron chi connectivity index (χ4n) is 3.63. The Balaban J connectivity index is 1.84. The van der Waals surface area contributed by atoms with Crippen LogP contribution in [0.15, 0.2) is 36.7 Å². The first-order chi connectivity index (χ1) is 16.8. The lowest BCUT2D eigenvalue weighted by Crippen LogP contribution is -2.59. The molecular weight excluding hydrogens is 479 g/mol. The molecule has 1 fully saturated rings. The fraction of sp³-hybridized carbons (Fsp3) is 0.500. The molecule has 36 heavy (non-hydrogen) atoms. The predicted octanol–water partition coefficient (Wildman–Crippen LogP) is 5.12. The summed E-state index contributed by atoms with van der Waals surface area (Å²) in [4.78, 5) is 35.3. The van der Waals surface area contributed by atoms with Crippen LogP contribution >= 0.6 is 0 Å². The Morgan fingerprint density at radius 2 is 1.78 bits per heavy atom. The zero-order chi connectivity index (χ0) is 26.5. The molecule has 3 rings (SSSR count). The van der Waals surface area contributed by atoms with Gasteiger partial charge in [0.15, 0.2) is 12.0 Å². The van der Waals surface area contributed by atoms with Gasteiger partial charge in [-0.3, -0.25) is 15.2 Å². The Morgan fingerprint density at radius 3 is 2.36 bits per heavy atom. The number of carbonyl (C=O) groups is 2. The second-order valence-electron chi connectivity index (χ2n) is 9.44. The van der Waals surface area contributed by atoms with Gasteiger partial charge in [-0.1, -0.05) is 0 Å². The first-order valence-corrected chi connectivity index (χ1v) is 11.5. The molecule has 3 amide bonds. The maximum atomic E-state index is 13.0. The molecule has 9 nitrogen and oxygen atoms in total. The number of alkyl halides is 3. The second-order valence-corrected chi connectivity index (χ2v) is 9.44. The molecule has 1 aliphatic rings. The predicted molar refractivity (Wildman–Crippen MR) is 125 cm³/mol. The van der Waals surface area contributed by atoms with Crippen molar-refractivity contribution in [2.75, 3.05) is 11.9 Å². The smallest absolute Gasteiger partial charge is 0.416 e. The molecule has 1 aromatic heterocycles. The summed E-state index contributed by atoms with van der Waals surface area (Å²) in [5, 5.41) is 5.23. The van der Waals surface area contributed by atoms with E-state index >= 15 is 0 Å². The number of benzene rings is 1. The van der Waals surface area contributed by atoms with Gasteiger partial charge in [-0.2, -0.15) is 13.2 Å². The van der Waals surface area contributed by atoms with Crippen molar-refractivity contribution in [3.63, 3.8) is 0 Å². The molecule has 1 aliphatic heterocycles. The van der Waals surface area contributed by atoms with Gasteiger partial charge in [0.05, 0.1) is 29.7 Å². The fourth-order valence-corrected chi connectivity index (χ4v) is 3.63. The highest BCUT2D eigenvalue weighted by molar-refractivity contribution is 5.88. The Bertz CT molecular complexity index is 1040. The summed E-state index contributed by atoms with van der Waals surface area (Å²) in [5.41, 5.74) is -0.902. The molecule has 2 atom stereocenters. The molecule has 2 unspecified atom stereocenters. The molecule has 2 N–H and O–H groups in total. The number of likely N-dealkylation sites (tertiary alicyclic amines) is 1. The van der Waals surface area contributed by atoms with Gasteiger partial charge in [-0.05, 0) is 71.2 Å². The number of rotatable bonds is 5. The van der Waals surface area contributed by atoms with Crippen molar-refractivity contribution in [3.05, 3.63) is 47.9 Å². The average Bonchev–Trinajstić information content (AvgIpc) is 2.79. The van der Waals surface area contributed by atoms with E-state index in [0.717, 1.165) is 25.0 Å². The first kappa shape index (κ1) is 27.0. The van der Waals surface area contributed by atoms with Crippen LogP contribution in [0.3, 0.4) is 0 Å². The maximum Gasteiger partial charge on any atom is 0.416 e. The minimum atomic E-state index is -4.50. The number of amides is 3. The van der Waals surface area contributed by atoms with Crippen LogP contribution in [0.25, 0.3) is 0 Å². The van der Waals surface area contributed by atoms with Crippen molar-refractivity contribution in [2.24, 2.45) is 0 Å². The molecule has 0 bridgehead atoms. The molecule has 1 aromatic carbocycles. The van der Waals surface area contributed by atoms with Crippen LogP contribution in [0.5, 0.6) is 5.75 Å².